The summed E-state index contributed by atoms with van der Waals surface area (Å²) in [4.78, 5) is 25.6. The minimum absolute atomic E-state index is 0.0251. The number of hydrogen-bond acceptors (Lipinski definition) is 5. The molecule has 2 aromatic carbocycles. The van der Waals surface area contributed by atoms with Crippen LogP contribution in [0, 0.1) is 0 Å². The summed E-state index contributed by atoms with van der Waals surface area (Å²) in [5.74, 6) is -0.357. The molecule has 2 amide bonds. The van der Waals surface area contributed by atoms with Gasteiger partial charge in [-0.05, 0) is 68.3 Å². The summed E-state index contributed by atoms with van der Waals surface area (Å²) < 4.78 is 32.0. The molecule has 8 nitrogen and oxygen atoms in total. The van der Waals surface area contributed by atoms with E-state index in [0.717, 1.165) is 19.3 Å². The molecule has 1 atom stereocenters. The lowest BCUT2D eigenvalue weighted by Gasteiger charge is -2.32. The topological polar surface area (TPSA) is 96.0 Å². The molecule has 1 N–H and O–H groups in total. The lowest BCUT2D eigenvalue weighted by Crippen LogP contribution is -2.41. The van der Waals surface area contributed by atoms with E-state index in [2.05, 4.69) is 10.1 Å². The number of ether oxygens (including phenoxy) is 1. The molecular formula is C22H27N3O5S. The standard InChI is InChI=1S/C22H27N3O5S/c1-16-6-4-5-15-25(16)31(28,29)20-13-7-17(8-14-20)21(26)23-18-9-11-19(12-10-18)24(2)22(27)30-3/h7-14,16H,4-6,15H2,1-3H3,(H,23,26). The van der Waals surface area contributed by atoms with Crippen LogP contribution in [0.3, 0.4) is 0 Å². The van der Waals surface area contributed by atoms with Crippen molar-refractivity contribution >= 4 is 33.4 Å². The summed E-state index contributed by atoms with van der Waals surface area (Å²) in [5.41, 5.74) is 1.51. The number of piperidine rings is 1. The zero-order chi connectivity index (χ0) is 22.6. The first-order valence-electron chi connectivity index (χ1n) is 10.1. The normalized spacial score (nSPS) is 17.1. The Bertz CT molecular complexity index is 1040. The SMILES string of the molecule is COC(=O)N(C)c1ccc(NC(=O)c2ccc(S(=O)(=O)N3CCCCC3C)cc2)cc1. The lowest BCUT2D eigenvalue weighted by atomic mass is 10.1. The third-order valence-corrected chi connectivity index (χ3v) is 7.45. The molecule has 0 aliphatic carbocycles. The van der Waals surface area contributed by atoms with Gasteiger partial charge in [0.05, 0.1) is 12.0 Å². The number of sulfonamides is 1. The summed E-state index contributed by atoms with van der Waals surface area (Å²) in [7, 11) is -0.690. The van der Waals surface area contributed by atoms with Crippen LogP contribution in [0.4, 0.5) is 16.2 Å². The van der Waals surface area contributed by atoms with Crippen LogP contribution in [-0.2, 0) is 14.8 Å². The van der Waals surface area contributed by atoms with Crippen LogP contribution in [0.15, 0.2) is 53.4 Å². The highest BCUT2D eigenvalue weighted by Crippen LogP contribution is 2.25. The van der Waals surface area contributed by atoms with Crippen molar-refractivity contribution in [2.45, 2.75) is 37.1 Å². The summed E-state index contributed by atoms with van der Waals surface area (Å²) in [6.07, 6.45) is 2.25. The van der Waals surface area contributed by atoms with Gasteiger partial charge in [-0.3, -0.25) is 9.69 Å². The van der Waals surface area contributed by atoms with Crippen LogP contribution in [-0.4, -0.2) is 51.5 Å². The first-order chi connectivity index (χ1) is 14.7. The third kappa shape index (κ3) is 5.05. The van der Waals surface area contributed by atoms with E-state index in [-0.39, 0.29) is 16.8 Å². The summed E-state index contributed by atoms with van der Waals surface area (Å²) >= 11 is 0. The Balaban J connectivity index is 1.68. The third-order valence-electron chi connectivity index (χ3n) is 5.43. The van der Waals surface area contributed by atoms with Gasteiger partial charge >= 0.3 is 6.09 Å². The quantitative estimate of drug-likeness (QED) is 0.757. The van der Waals surface area contributed by atoms with Crippen LogP contribution in [0.1, 0.15) is 36.5 Å². The zero-order valence-electron chi connectivity index (χ0n) is 17.9. The maximum absolute atomic E-state index is 12.9. The van der Waals surface area contributed by atoms with E-state index in [0.29, 0.717) is 23.5 Å². The Labute approximate surface area is 182 Å². The van der Waals surface area contributed by atoms with Crippen molar-refractivity contribution in [3.05, 3.63) is 54.1 Å². The number of nitrogens with zero attached hydrogens (tertiary/aromatic N) is 2. The summed E-state index contributed by atoms with van der Waals surface area (Å²) in [5, 5.41) is 2.76. The number of anilines is 2. The van der Waals surface area contributed by atoms with Gasteiger partial charge in [0.25, 0.3) is 5.91 Å². The highest BCUT2D eigenvalue weighted by molar-refractivity contribution is 7.89. The Morgan fingerprint density at radius 3 is 2.29 bits per heavy atom. The molecule has 1 aliphatic heterocycles. The highest BCUT2D eigenvalue weighted by atomic mass is 32.2. The summed E-state index contributed by atoms with van der Waals surface area (Å²) in [6, 6.07) is 12.6. The predicted molar refractivity (Wildman–Crippen MR) is 119 cm³/mol. The molecule has 166 valence electrons. The van der Waals surface area contributed by atoms with Crippen molar-refractivity contribution in [3.63, 3.8) is 0 Å². The van der Waals surface area contributed by atoms with Crippen molar-refractivity contribution in [1.82, 2.24) is 4.31 Å². The van der Waals surface area contributed by atoms with E-state index in [1.165, 1.54) is 36.3 Å². The Kier molecular flexibility index (Phi) is 6.97. The maximum Gasteiger partial charge on any atom is 0.413 e. The minimum Gasteiger partial charge on any atom is -0.452 e. The van der Waals surface area contributed by atoms with Gasteiger partial charge in [-0.25, -0.2) is 13.2 Å². The molecule has 9 heteroatoms. The average molecular weight is 446 g/mol. The predicted octanol–water partition coefficient (Wildman–Crippen LogP) is 3.70. The molecule has 1 heterocycles. The van der Waals surface area contributed by atoms with E-state index in [9.17, 15) is 18.0 Å². The van der Waals surface area contributed by atoms with Gasteiger partial charge in [-0.2, -0.15) is 4.31 Å². The molecule has 2 aromatic rings. The molecule has 1 aliphatic rings. The molecule has 1 unspecified atom stereocenters. The van der Waals surface area contributed by atoms with Crippen LogP contribution < -0.4 is 10.2 Å². The fourth-order valence-electron chi connectivity index (χ4n) is 3.56. The molecule has 0 bridgehead atoms. The lowest BCUT2D eigenvalue weighted by molar-refractivity contribution is 0.102. The summed E-state index contributed by atoms with van der Waals surface area (Å²) in [6.45, 7) is 2.44. The number of benzene rings is 2. The number of nitrogens with one attached hydrogen (secondary N) is 1. The Morgan fingerprint density at radius 1 is 1.06 bits per heavy atom. The number of carbonyl (C=O) groups excluding carboxylic acids is 2. The molecule has 0 radical (unpaired) electrons. The second-order valence-corrected chi connectivity index (χ2v) is 9.41. The zero-order valence-corrected chi connectivity index (χ0v) is 18.7. The van der Waals surface area contributed by atoms with E-state index in [4.69, 9.17) is 0 Å². The van der Waals surface area contributed by atoms with Crippen molar-refractivity contribution < 1.29 is 22.7 Å². The Hall–Kier alpha value is -2.91. The fraction of sp³-hybridized carbons (Fsp3) is 0.364. The van der Waals surface area contributed by atoms with Gasteiger partial charge in [0, 0.05) is 36.6 Å². The smallest absolute Gasteiger partial charge is 0.413 e. The second-order valence-electron chi connectivity index (χ2n) is 7.51. The van der Waals surface area contributed by atoms with Gasteiger partial charge in [-0.1, -0.05) is 6.42 Å². The average Bonchev–Trinajstić information content (AvgIpc) is 2.78. The van der Waals surface area contributed by atoms with Crippen LogP contribution in [0.2, 0.25) is 0 Å². The van der Waals surface area contributed by atoms with E-state index in [1.54, 1.807) is 35.6 Å². The molecule has 1 saturated heterocycles. The van der Waals surface area contributed by atoms with Gasteiger partial charge in [0.15, 0.2) is 0 Å². The molecule has 1 fully saturated rings. The van der Waals surface area contributed by atoms with Crippen molar-refractivity contribution in [1.29, 1.82) is 0 Å². The van der Waals surface area contributed by atoms with Crippen LogP contribution >= 0.6 is 0 Å². The Morgan fingerprint density at radius 2 is 1.71 bits per heavy atom. The van der Waals surface area contributed by atoms with Crippen LogP contribution in [0.5, 0.6) is 0 Å². The van der Waals surface area contributed by atoms with E-state index in [1.807, 2.05) is 6.92 Å². The maximum atomic E-state index is 12.9. The van der Waals surface area contributed by atoms with E-state index < -0.39 is 16.1 Å². The monoisotopic (exact) mass is 445 g/mol. The van der Waals surface area contributed by atoms with Gasteiger partial charge in [-0.15, -0.1) is 0 Å². The molecular weight excluding hydrogens is 418 g/mol. The number of methoxy groups -OCH3 is 1. The molecule has 0 saturated carbocycles. The first-order valence-corrected chi connectivity index (χ1v) is 11.5. The second kappa shape index (κ2) is 9.49. The van der Waals surface area contributed by atoms with Gasteiger partial charge in [0.2, 0.25) is 10.0 Å². The van der Waals surface area contributed by atoms with Gasteiger partial charge in [0.1, 0.15) is 0 Å². The number of carbonyl (C=O) groups is 2. The van der Waals surface area contributed by atoms with Crippen molar-refractivity contribution in [2.75, 3.05) is 30.9 Å². The van der Waals surface area contributed by atoms with Crippen molar-refractivity contribution in [3.8, 4) is 0 Å². The molecule has 0 spiro atoms. The first kappa shape index (κ1) is 22.8. The number of hydrogen-bond donors (Lipinski definition) is 1. The van der Waals surface area contributed by atoms with E-state index >= 15 is 0 Å². The van der Waals surface area contributed by atoms with Crippen LogP contribution in [0.25, 0.3) is 0 Å². The number of rotatable bonds is 5. The highest BCUT2D eigenvalue weighted by Gasteiger charge is 2.30. The van der Waals surface area contributed by atoms with Gasteiger partial charge < -0.3 is 10.1 Å². The molecule has 31 heavy (non-hydrogen) atoms. The largest absolute Gasteiger partial charge is 0.452 e. The molecule has 0 aromatic heterocycles. The number of amides is 2. The minimum atomic E-state index is -3.58. The van der Waals surface area contributed by atoms with Crippen molar-refractivity contribution in [2.24, 2.45) is 0 Å². The fourth-order valence-corrected chi connectivity index (χ4v) is 5.26. The molecule has 3 rings (SSSR count).